The zero-order valence-electron chi connectivity index (χ0n) is 8.69. The van der Waals surface area contributed by atoms with Crippen LogP contribution in [0.4, 0.5) is 0 Å². The van der Waals surface area contributed by atoms with E-state index in [-0.39, 0.29) is 11.8 Å². The molecule has 1 aromatic rings. The second kappa shape index (κ2) is 3.89. The summed E-state index contributed by atoms with van der Waals surface area (Å²) < 4.78 is 0. The third-order valence-corrected chi connectivity index (χ3v) is 2.61. The number of carbonyl (C=O) groups excluding carboxylic acids is 2. The molecule has 0 unspecified atom stereocenters. The molecule has 0 saturated heterocycles. The van der Waals surface area contributed by atoms with Crippen LogP contribution in [0.2, 0.25) is 6.32 Å². The lowest BCUT2D eigenvalue weighted by Crippen LogP contribution is -2.30. The second-order valence-corrected chi connectivity index (χ2v) is 3.66. The van der Waals surface area contributed by atoms with Crippen LogP contribution in [0.5, 0.6) is 0 Å². The van der Waals surface area contributed by atoms with E-state index in [9.17, 15) is 9.59 Å². The minimum absolute atomic E-state index is 0.149. The Labute approximate surface area is 89.5 Å². The summed E-state index contributed by atoms with van der Waals surface area (Å²) in [6.45, 7) is 0.531. The first-order valence-corrected chi connectivity index (χ1v) is 5.21. The number of rotatable bonds is 3. The summed E-state index contributed by atoms with van der Waals surface area (Å²) in [5, 5.41) is 0. The van der Waals surface area contributed by atoms with Gasteiger partial charge >= 0.3 is 0 Å². The van der Waals surface area contributed by atoms with E-state index in [2.05, 4.69) is 0 Å². The van der Waals surface area contributed by atoms with Crippen molar-refractivity contribution in [3.05, 3.63) is 35.4 Å². The number of benzene rings is 1. The van der Waals surface area contributed by atoms with Gasteiger partial charge in [-0.05, 0) is 18.6 Å². The summed E-state index contributed by atoms with van der Waals surface area (Å²) in [5.74, 6) is -0.298. The van der Waals surface area contributed by atoms with Crippen LogP contribution in [0.1, 0.15) is 27.1 Å². The van der Waals surface area contributed by atoms with Crippen molar-refractivity contribution in [3.8, 4) is 0 Å². The number of carbonyl (C=O) groups is 2. The van der Waals surface area contributed by atoms with E-state index >= 15 is 0 Å². The van der Waals surface area contributed by atoms with Gasteiger partial charge in [-0.1, -0.05) is 18.5 Å². The predicted molar refractivity (Wildman–Crippen MR) is 59.8 cm³/mol. The van der Waals surface area contributed by atoms with Gasteiger partial charge in [0, 0.05) is 6.54 Å². The van der Waals surface area contributed by atoms with E-state index in [0.29, 0.717) is 17.7 Å². The first-order chi connectivity index (χ1) is 7.25. The standard InChI is InChI=1S/C11H12BNO2/c12-6-3-7-13-10(14)8-4-1-2-5-9(8)11(13)15/h1-2,4-5H,3,6-7,12H2. The monoisotopic (exact) mass is 201 g/mol. The van der Waals surface area contributed by atoms with Gasteiger partial charge in [0.15, 0.2) is 0 Å². The molecule has 0 fully saturated rings. The molecule has 0 N–H and O–H groups in total. The molecule has 1 aromatic carbocycles. The predicted octanol–water partition coefficient (Wildman–Crippen LogP) is 0.724. The Morgan fingerprint density at radius 3 is 2.07 bits per heavy atom. The maximum Gasteiger partial charge on any atom is 0.261 e. The van der Waals surface area contributed by atoms with Crippen LogP contribution in [0, 0.1) is 0 Å². The highest BCUT2D eigenvalue weighted by Crippen LogP contribution is 2.22. The average Bonchev–Trinajstić information content (AvgIpc) is 2.51. The lowest BCUT2D eigenvalue weighted by molar-refractivity contribution is 0.0654. The fraction of sp³-hybridized carbons (Fsp3) is 0.273. The van der Waals surface area contributed by atoms with Crippen molar-refractivity contribution in [1.29, 1.82) is 0 Å². The third-order valence-electron chi connectivity index (χ3n) is 2.61. The number of nitrogens with zero attached hydrogens (tertiary/aromatic N) is 1. The van der Waals surface area contributed by atoms with Gasteiger partial charge in [0.2, 0.25) is 0 Å². The highest BCUT2D eigenvalue weighted by Gasteiger charge is 2.34. The van der Waals surface area contributed by atoms with Gasteiger partial charge in [-0.15, -0.1) is 0 Å². The Bertz CT molecular complexity index is 382. The molecule has 0 aliphatic carbocycles. The zero-order valence-corrected chi connectivity index (χ0v) is 8.69. The highest BCUT2D eigenvalue weighted by atomic mass is 16.2. The maximum absolute atomic E-state index is 11.8. The van der Waals surface area contributed by atoms with Crippen molar-refractivity contribution < 1.29 is 9.59 Å². The molecule has 4 heteroatoms. The van der Waals surface area contributed by atoms with Gasteiger partial charge in [-0.2, -0.15) is 0 Å². The van der Waals surface area contributed by atoms with Crippen molar-refractivity contribution in [2.45, 2.75) is 12.7 Å². The Balaban J connectivity index is 2.29. The van der Waals surface area contributed by atoms with Crippen LogP contribution in [-0.2, 0) is 0 Å². The molecule has 3 nitrogen and oxygen atoms in total. The lowest BCUT2D eigenvalue weighted by Gasteiger charge is -2.12. The highest BCUT2D eigenvalue weighted by molar-refractivity contribution is 6.21. The Kier molecular flexibility index (Phi) is 2.58. The Morgan fingerprint density at radius 1 is 1.07 bits per heavy atom. The molecule has 0 aromatic heterocycles. The van der Waals surface area contributed by atoms with E-state index in [1.807, 2.05) is 7.85 Å². The Hall–Kier alpha value is -1.58. The van der Waals surface area contributed by atoms with Crippen molar-refractivity contribution in [2.24, 2.45) is 0 Å². The van der Waals surface area contributed by atoms with Gasteiger partial charge in [0.05, 0.1) is 11.1 Å². The van der Waals surface area contributed by atoms with Crippen molar-refractivity contribution in [1.82, 2.24) is 4.90 Å². The maximum atomic E-state index is 11.8. The second-order valence-electron chi connectivity index (χ2n) is 3.66. The SMILES string of the molecule is BCCCN1C(=O)c2ccccc2C1=O. The molecule has 1 aliphatic heterocycles. The lowest BCUT2D eigenvalue weighted by atomic mass is 10.0. The van der Waals surface area contributed by atoms with E-state index in [1.54, 1.807) is 24.3 Å². The quantitative estimate of drug-likeness (QED) is 0.533. The van der Waals surface area contributed by atoms with Crippen molar-refractivity contribution >= 4 is 19.7 Å². The Morgan fingerprint density at radius 2 is 1.60 bits per heavy atom. The number of hydrogen-bond acceptors (Lipinski definition) is 2. The first kappa shape index (κ1) is 9.96. The molecule has 0 bridgehead atoms. The molecular formula is C11H12BNO2. The molecule has 15 heavy (non-hydrogen) atoms. The summed E-state index contributed by atoms with van der Waals surface area (Å²) in [5.41, 5.74) is 1.08. The van der Waals surface area contributed by atoms with E-state index < -0.39 is 0 Å². The van der Waals surface area contributed by atoms with E-state index in [0.717, 1.165) is 12.7 Å². The molecule has 0 saturated carbocycles. The van der Waals surface area contributed by atoms with E-state index in [4.69, 9.17) is 0 Å². The van der Waals surface area contributed by atoms with Crippen LogP contribution in [0.15, 0.2) is 24.3 Å². The summed E-state index contributed by atoms with van der Waals surface area (Å²) in [6, 6.07) is 6.99. The number of imide groups is 1. The fourth-order valence-corrected chi connectivity index (χ4v) is 1.76. The van der Waals surface area contributed by atoms with Gasteiger partial charge in [-0.3, -0.25) is 14.5 Å². The fourth-order valence-electron chi connectivity index (χ4n) is 1.76. The molecule has 1 aliphatic rings. The van der Waals surface area contributed by atoms with Crippen LogP contribution in [-0.4, -0.2) is 31.1 Å². The normalized spacial score (nSPS) is 14.5. The molecule has 0 radical (unpaired) electrons. The molecule has 2 amide bonds. The molecular weight excluding hydrogens is 189 g/mol. The van der Waals surface area contributed by atoms with E-state index in [1.165, 1.54) is 4.90 Å². The largest absolute Gasteiger partial charge is 0.274 e. The zero-order chi connectivity index (χ0) is 10.8. The number of hydrogen-bond donors (Lipinski definition) is 0. The topological polar surface area (TPSA) is 37.4 Å². The summed E-state index contributed by atoms with van der Waals surface area (Å²) >= 11 is 0. The summed E-state index contributed by atoms with van der Waals surface area (Å²) in [6.07, 6.45) is 1.85. The summed E-state index contributed by atoms with van der Waals surface area (Å²) in [7, 11) is 2.04. The van der Waals surface area contributed by atoms with Gasteiger partial charge in [-0.25, -0.2) is 0 Å². The van der Waals surface area contributed by atoms with Crippen LogP contribution in [0.3, 0.4) is 0 Å². The molecule has 1 heterocycles. The minimum Gasteiger partial charge on any atom is -0.274 e. The van der Waals surface area contributed by atoms with Crippen LogP contribution in [0.25, 0.3) is 0 Å². The molecule has 76 valence electrons. The van der Waals surface area contributed by atoms with Crippen molar-refractivity contribution in [2.75, 3.05) is 6.54 Å². The van der Waals surface area contributed by atoms with Gasteiger partial charge < -0.3 is 0 Å². The van der Waals surface area contributed by atoms with Gasteiger partial charge in [0.25, 0.3) is 11.8 Å². The molecule has 0 atom stereocenters. The molecule has 0 spiro atoms. The third kappa shape index (κ3) is 1.56. The average molecular weight is 201 g/mol. The molecule has 2 rings (SSSR count). The number of amides is 2. The smallest absolute Gasteiger partial charge is 0.261 e. The van der Waals surface area contributed by atoms with Gasteiger partial charge in [0.1, 0.15) is 7.85 Å². The minimum atomic E-state index is -0.149. The van der Waals surface area contributed by atoms with Crippen LogP contribution >= 0.6 is 0 Å². The van der Waals surface area contributed by atoms with Crippen molar-refractivity contribution in [3.63, 3.8) is 0 Å². The summed E-state index contributed by atoms with van der Waals surface area (Å²) in [4.78, 5) is 25.0. The number of fused-ring (bicyclic) bond motifs is 1. The van der Waals surface area contributed by atoms with Crippen LogP contribution < -0.4 is 0 Å². The first-order valence-electron chi connectivity index (χ1n) is 5.21.